The summed E-state index contributed by atoms with van der Waals surface area (Å²) in [6, 6.07) is 11.5. The molecule has 0 radical (unpaired) electrons. The van der Waals surface area contributed by atoms with Gasteiger partial charge in [0.25, 0.3) is 5.89 Å². The van der Waals surface area contributed by atoms with Gasteiger partial charge in [-0.05, 0) is 35.9 Å². The van der Waals surface area contributed by atoms with Gasteiger partial charge in [0.1, 0.15) is 34.8 Å². The minimum absolute atomic E-state index is 0.202. The number of hydrogen-bond donors (Lipinski definition) is 1. The lowest BCUT2D eigenvalue weighted by atomic mass is 10.2. The summed E-state index contributed by atoms with van der Waals surface area (Å²) < 4.78 is 24.2. The first-order valence-electron chi connectivity index (χ1n) is 8.97. The molecule has 0 aliphatic rings. The van der Waals surface area contributed by atoms with Crippen LogP contribution in [0.25, 0.3) is 21.2 Å². The number of halogens is 2. The van der Waals surface area contributed by atoms with Crippen LogP contribution in [0.4, 0.5) is 15.9 Å². The Morgan fingerprint density at radius 1 is 1.16 bits per heavy atom. The first kappa shape index (κ1) is 19.3. The van der Waals surface area contributed by atoms with Crippen LogP contribution in [0, 0.1) is 5.82 Å². The molecule has 5 aromatic rings. The summed E-state index contributed by atoms with van der Waals surface area (Å²) in [5.74, 6) is 0.997. The number of ether oxygens (including phenoxy) is 1. The normalized spacial score (nSPS) is 11.0. The molecule has 0 aliphatic carbocycles. The number of fused-ring (bicyclic) bond motifs is 1. The van der Waals surface area contributed by atoms with Crippen molar-refractivity contribution >= 4 is 44.8 Å². The van der Waals surface area contributed by atoms with E-state index in [1.165, 1.54) is 36.2 Å². The summed E-state index contributed by atoms with van der Waals surface area (Å²) >= 11 is 7.69. The number of nitrogens with zero attached hydrogens (tertiary/aromatic N) is 5. The highest BCUT2D eigenvalue weighted by Crippen LogP contribution is 2.33. The Morgan fingerprint density at radius 3 is 2.90 bits per heavy atom. The molecule has 31 heavy (non-hydrogen) atoms. The van der Waals surface area contributed by atoms with Crippen molar-refractivity contribution in [1.82, 2.24) is 25.1 Å². The predicted octanol–water partition coefficient (Wildman–Crippen LogP) is 5.25. The van der Waals surface area contributed by atoms with Gasteiger partial charge in [-0.1, -0.05) is 35.1 Å². The third-order valence-electron chi connectivity index (χ3n) is 4.22. The predicted molar refractivity (Wildman–Crippen MR) is 114 cm³/mol. The number of anilines is 2. The second kappa shape index (κ2) is 8.25. The number of hydrogen-bond acceptors (Lipinski definition) is 9. The first-order valence-corrected chi connectivity index (χ1v) is 10.2. The van der Waals surface area contributed by atoms with E-state index in [1.54, 1.807) is 30.3 Å². The Hall–Kier alpha value is -3.63. The van der Waals surface area contributed by atoms with Gasteiger partial charge in [-0.25, -0.2) is 19.3 Å². The van der Waals surface area contributed by atoms with Crippen molar-refractivity contribution in [3.63, 3.8) is 0 Å². The molecule has 8 nitrogen and oxygen atoms in total. The molecule has 11 heteroatoms. The minimum Gasteiger partial charge on any atom is -0.487 e. The number of thiazole rings is 1. The van der Waals surface area contributed by atoms with E-state index in [2.05, 4.69) is 30.5 Å². The van der Waals surface area contributed by atoms with Gasteiger partial charge in [0.15, 0.2) is 10.8 Å². The third-order valence-corrected chi connectivity index (χ3v) is 5.46. The van der Waals surface area contributed by atoms with Gasteiger partial charge in [-0.2, -0.15) is 0 Å². The van der Waals surface area contributed by atoms with Crippen molar-refractivity contribution < 1.29 is 13.5 Å². The Balaban J connectivity index is 1.35. The molecule has 5 rings (SSSR count). The maximum absolute atomic E-state index is 13.3. The molecule has 3 heterocycles. The van der Waals surface area contributed by atoms with Crippen LogP contribution in [0.1, 0.15) is 5.56 Å². The largest absolute Gasteiger partial charge is 0.487 e. The second-order valence-corrected chi connectivity index (χ2v) is 7.71. The minimum atomic E-state index is -0.313. The molecule has 0 saturated carbocycles. The molecule has 0 spiro atoms. The highest BCUT2D eigenvalue weighted by atomic mass is 35.5. The zero-order valence-electron chi connectivity index (χ0n) is 15.6. The number of benzene rings is 2. The van der Waals surface area contributed by atoms with Gasteiger partial charge in [-0.3, -0.25) is 0 Å². The Morgan fingerprint density at radius 2 is 2.10 bits per heavy atom. The zero-order chi connectivity index (χ0) is 21.2. The summed E-state index contributed by atoms with van der Waals surface area (Å²) in [5, 5.41) is 11.7. The highest BCUT2D eigenvalue weighted by molar-refractivity contribution is 7.21. The lowest BCUT2D eigenvalue weighted by Crippen LogP contribution is -1.98. The van der Waals surface area contributed by atoms with E-state index in [-0.39, 0.29) is 12.4 Å². The van der Waals surface area contributed by atoms with Crippen LogP contribution in [-0.4, -0.2) is 25.1 Å². The average molecular weight is 455 g/mol. The second-order valence-electron chi connectivity index (χ2n) is 6.33. The van der Waals surface area contributed by atoms with Gasteiger partial charge in [0.2, 0.25) is 6.39 Å². The Kier molecular flexibility index (Phi) is 5.14. The fourth-order valence-electron chi connectivity index (χ4n) is 2.82. The maximum atomic E-state index is 13.3. The summed E-state index contributed by atoms with van der Waals surface area (Å²) in [5.41, 5.74) is 1.97. The van der Waals surface area contributed by atoms with Gasteiger partial charge in [0.05, 0.1) is 5.02 Å². The average Bonchev–Trinajstić information content (AvgIpc) is 3.43. The van der Waals surface area contributed by atoms with Crippen molar-refractivity contribution in [1.29, 1.82) is 0 Å². The quantitative estimate of drug-likeness (QED) is 0.371. The smallest absolute Gasteiger partial charge is 0.276 e. The van der Waals surface area contributed by atoms with Crippen LogP contribution in [0.3, 0.4) is 0 Å². The van der Waals surface area contributed by atoms with Crippen LogP contribution in [-0.2, 0) is 6.61 Å². The van der Waals surface area contributed by atoms with E-state index >= 15 is 0 Å². The standard InChI is InChI=1S/C20H12ClFN6O2S/c21-14-7-13(4-5-15(14)29-8-11-2-1-3-12(22)6-11)26-17-16-19(24-9-23-17)31-20(27-16)18-28-25-10-30-18/h1-7,9-10H,8H2,(H,23,24,26). The molecule has 0 bridgehead atoms. The van der Waals surface area contributed by atoms with E-state index in [1.807, 2.05) is 0 Å². The molecular formula is C20H12ClFN6O2S. The number of nitrogens with one attached hydrogen (secondary N) is 1. The van der Waals surface area contributed by atoms with Crippen molar-refractivity contribution in [3.05, 3.63) is 71.6 Å². The summed E-state index contributed by atoms with van der Waals surface area (Å²) in [7, 11) is 0. The van der Waals surface area contributed by atoms with Crippen molar-refractivity contribution in [2.24, 2.45) is 0 Å². The third kappa shape index (κ3) is 4.16. The molecule has 0 atom stereocenters. The lowest BCUT2D eigenvalue weighted by molar-refractivity contribution is 0.306. The lowest BCUT2D eigenvalue weighted by Gasteiger charge is -2.11. The highest BCUT2D eigenvalue weighted by Gasteiger charge is 2.15. The van der Waals surface area contributed by atoms with Crippen LogP contribution in [0.2, 0.25) is 5.02 Å². The van der Waals surface area contributed by atoms with Gasteiger partial charge in [0, 0.05) is 5.69 Å². The van der Waals surface area contributed by atoms with E-state index in [9.17, 15) is 4.39 Å². The summed E-state index contributed by atoms with van der Waals surface area (Å²) in [6.07, 6.45) is 2.69. The van der Waals surface area contributed by atoms with E-state index in [0.717, 1.165) is 0 Å². The van der Waals surface area contributed by atoms with Crippen molar-refractivity contribution in [2.45, 2.75) is 6.61 Å². The molecule has 0 aliphatic heterocycles. The van der Waals surface area contributed by atoms with Crippen LogP contribution >= 0.6 is 22.9 Å². The zero-order valence-corrected chi connectivity index (χ0v) is 17.2. The van der Waals surface area contributed by atoms with E-state index < -0.39 is 0 Å². The van der Waals surface area contributed by atoms with Crippen LogP contribution in [0.15, 0.2) is 59.6 Å². The molecule has 1 N–H and O–H groups in total. The van der Waals surface area contributed by atoms with E-state index in [4.69, 9.17) is 20.8 Å². The number of rotatable bonds is 6. The first-order chi connectivity index (χ1) is 15.2. The summed E-state index contributed by atoms with van der Waals surface area (Å²) in [6.45, 7) is 0.202. The van der Waals surface area contributed by atoms with Crippen LogP contribution in [0.5, 0.6) is 5.75 Å². The van der Waals surface area contributed by atoms with Crippen LogP contribution < -0.4 is 10.1 Å². The van der Waals surface area contributed by atoms with Gasteiger partial charge in [-0.15, -0.1) is 10.2 Å². The molecule has 0 fully saturated rings. The SMILES string of the molecule is Fc1cccc(COc2ccc(Nc3ncnc4sc(-c5nnco5)nc34)cc2Cl)c1. The molecule has 0 saturated heterocycles. The fraction of sp³-hybridized carbons (Fsp3) is 0.0500. The summed E-state index contributed by atoms with van der Waals surface area (Å²) in [4.78, 5) is 13.7. The van der Waals surface area contributed by atoms with Gasteiger partial charge < -0.3 is 14.5 Å². The van der Waals surface area contributed by atoms with Crippen molar-refractivity contribution in [3.8, 4) is 16.6 Å². The Bertz CT molecular complexity index is 1360. The monoisotopic (exact) mass is 454 g/mol. The Labute approximate surface area is 183 Å². The molecule has 2 aromatic carbocycles. The number of aromatic nitrogens is 5. The topological polar surface area (TPSA) is 98.8 Å². The molecular weight excluding hydrogens is 443 g/mol. The fourth-order valence-corrected chi connectivity index (χ4v) is 3.89. The molecule has 0 unspecified atom stereocenters. The van der Waals surface area contributed by atoms with E-state index in [0.29, 0.717) is 49.1 Å². The maximum Gasteiger partial charge on any atom is 0.276 e. The molecule has 154 valence electrons. The molecule has 0 amide bonds. The van der Waals surface area contributed by atoms with Crippen molar-refractivity contribution in [2.75, 3.05) is 5.32 Å². The van der Waals surface area contributed by atoms with Gasteiger partial charge >= 0.3 is 0 Å². The molecule has 3 aromatic heterocycles.